The van der Waals surface area contributed by atoms with Crippen LogP contribution in [0.2, 0.25) is 5.02 Å². The molecule has 7 heteroatoms. The summed E-state index contributed by atoms with van der Waals surface area (Å²) >= 11 is 6.14. The lowest BCUT2D eigenvalue weighted by atomic mass is 10.2. The van der Waals surface area contributed by atoms with Crippen molar-refractivity contribution in [3.05, 3.63) is 40.7 Å². The minimum absolute atomic E-state index is 0.223. The molecular weight excluding hydrogens is 292 g/mol. The lowest BCUT2D eigenvalue weighted by Crippen LogP contribution is -2.22. The Bertz CT molecular complexity index is 835. The van der Waals surface area contributed by atoms with Gasteiger partial charge in [0.25, 0.3) is 5.91 Å². The number of amides is 1. The standard InChI is InChI=1S/C14H13ClN4O2/c1-8-11(13(20)18(2)3)21-14-16-12(17-19(8)14)9-6-4-5-7-10(9)15/h4-7H,1-3H3. The van der Waals surface area contributed by atoms with Gasteiger partial charge in [0.15, 0.2) is 5.82 Å². The van der Waals surface area contributed by atoms with E-state index >= 15 is 0 Å². The van der Waals surface area contributed by atoms with E-state index < -0.39 is 0 Å². The molecule has 0 radical (unpaired) electrons. The fourth-order valence-electron chi connectivity index (χ4n) is 2.00. The summed E-state index contributed by atoms with van der Waals surface area (Å²) in [5.74, 6) is 0.749. The summed E-state index contributed by atoms with van der Waals surface area (Å²) in [6.07, 6.45) is 0. The molecule has 0 aliphatic carbocycles. The van der Waals surface area contributed by atoms with E-state index in [2.05, 4.69) is 10.1 Å². The van der Waals surface area contributed by atoms with Crippen LogP contribution in [0.15, 0.2) is 28.7 Å². The number of benzene rings is 1. The van der Waals surface area contributed by atoms with Crippen molar-refractivity contribution < 1.29 is 9.21 Å². The quantitative estimate of drug-likeness (QED) is 0.730. The van der Waals surface area contributed by atoms with Crippen LogP contribution < -0.4 is 0 Å². The first-order valence-corrected chi connectivity index (χ1v) is 6.69. The van der Waals surface area contributed by atoms with Gasteiger partial charge in [-0.15, -0.1) is 5.10 Å². The number of halogens is 1. The number of aryl methyl sites for hydroxylation is 1. The molecule has 3 aromatic rings. The van der Waals surface area contributed by atoms with Gasteiger partial charge in [0.2, 0.25) is 5.76 Å². The van der Waals surface area contributed by atoms with E-state index in [9.17, 15) is 4.79 Å². The highest BCUT2D eigenvalue weighted by atomic mass is 35.5. The van der Waals surface area contributed by atoms with Gasteiger partial charge in [-0.1, -0.05) is 23.7 Å². The average molecular weight is 305 g/mol. The summed E-state index contributed by atoms with van der Waals surface area (Å²) in [6.45, 7) is 1.76. The molecule has 2 aromatic heterocycles. The molecule has 2 heterocycles. The Morgan fingerprint density at radius 2 is 2.05 bits per heavy atom. The number of aromatic nitrogens is 3. The van der Waals surface area contributed by atoms with Gasteiger partial charge in [0, 0.05) is 19.7 Å². The highest BCUT2D eigenvalue weighted by molar-refractivity contribution is 6.33. The third-order valence-electron chi connectivity index (χ3n) is 3.13. The average Bonchev–Trinajstić information content (AvgIpc) is 2.98. The van der Waals surface area contributed by atoms with Crippen molar-refractivity contribution >= 4 is 23.4 Å². The van der Waals surface area contributed by atoms with Gasteiger partial charge < -0.3 is 9.32 Å². The van der Waals surface area contributed by atoms with Crippen LogP contribution in [0, 0.1) is 6.92 Å². The number of hydrogen-bond acceptors (Lipinski definition) is 4. The lowest BCUT2D eigenvalue weighted by Gasteiger charge is -2.07. The van der Waals surface area contributed by atoms with Crippen molar-refractivity contribution in [3.8, 4) is 11.4 Å². The predicted molar refractivity (Wildman–Crippen MR) is 78.5 cm³/mol. The molecule has 1 amide bonds. The molecule has 6 nitrogen and oxygen atoms in total. The van der Waals surface area contributed by atoms with Crippen molar-refractivity contribution in [2.45, 2.75) is 6.92 Å². The van der Waals surface area contributed by atoms with E-state index in [-0.39, 0.29) is 17.5 Å². The molecule has 1 aromatic carbocycles. The van der Waals surface area contributed by atoms with Crippen LogP contribution >= 0.6 is 11.6 Å². The molecule has 21 heavy (non-hydrogen) atoms. The third-order valence-corrected chi connectivity index (χ3v) is 3.46. The second-order valence-electron chi connectivity index (χ2n) is 4.83. The minimum atomic E-state index is -0.223. The molecule has 0 N–H and O–H groups in total. The highest BCUT2D eigenvalue weighted by Crippen LogP contribution is 2.26. The largest absolute Gasteiger partial charge is 0.416 e. The number of carbonyl (C=O) groups excluding carboxylic acids is 1. The van der Waals surface area contributed by atoms with E-state index in [0.717, 1.165) is 5.56 Å². The fourth-order valence-corrected chi connectivity index (χ4v) is 2.22. The Hall–Kier alpha value is -2.34. The molecule has 0 spiro atoms. The summed E-state index contributed by atoms with van der Waals surface area (Å²) in [7, 11) is 3.32. The second kappa shape index (κ2) is 4.89. The first kappa shape index (κ1) is 13.6. The first-order chi connectivity index (χ1) is 9.99. The summed E-state index contributed by atoms with van der Waals surface area (Å²) in [5, 5.41) is 4.93. The van der Waals surface area contributed by atoms with E-state index in [1.807, 2.05) is 18.2 Å². The molecule has 0 saturated heterocycles. The summed E-state index contributed by atoms with van der Waals surface area (Å²) in [5.41, 5.74) is 1.33. The Labute approximate surface area is 125 Å². The second-order valence-corrected chi connectivity index (χ2v) is 5.23. The van der Waals surface area contributed by atoms with E-state index in [1.54, 1.807) is 27.1 Å². The van der Waals surface area contributed by atoms with E-state index in [4.69, 9.17) is 16.0 Å². The molecular formula is C14H13ClN4O2. The van der Waals surface area contributed by atoms with Crippen molar-refractivity contribution in [3.63, 3.8) is 0 Å². The van der Waals surface area contributed by atoms with Crippen molar-refractivity contribution in [1.29, 1.82) is 0 Å². The molecule has 0 fully saturated rings. The van der Waals surface area contributed by atoms with Crippen LogP contribution in [0.25, 0.3) is 17.2 Å². The number of carbonyl (C=O) groups is 1. The van der Waals surface area contributed by atoms with Gasteiger partial charge in [0.1, 0.15) is 0 Å². The summed E-state index contributed by atoms with van der Waals surface area (Å²) in [6, 6.07) is 7.30. The van der Waals surface area contributed by atoms with Gasteiger partial charge in [-0.3, -0.25) is 4.79 Å². The molecule has 0 aliphatic heterocycles. The van der Waals surface area contributed by atoms with Crippen LogP contribution in [-0.2, 0) is 0 Å². The zero-order valence-corrected chi connectivity index (χ0v) is 12.5. The van der Waals surface area contributed by atoms with Crippen LogP contribution in [0.4, 0.5) is 0 Å². The minimum Gasteiger partial charge on any atom is -0.416 e. The Balaban J connectivity index is 2.12. The zero-order chi connectivity index (χ0) is 15.1. The van der Waals surface area contributed by atoms with Crippen LogP contribution in [0.1, 0.15) is 16.2 Å². The molecule has 3 rings (SSSR count). The third kappa shape index (κ3) is 2.17. The van der Waals surface area contributed by atoms with Crippen LogP contribution in [-0.4, -0.2) is 39.5 Å². The van der Waals surface area contributed by atoms with Crippen molar-refractivity contribution in [2.24, 2.45) is 0 Å². The molecule has 108 valence electrons. The molecule has 0 saturated carbocycles. The van der Waals surface area contributed by atoms with Crippen molar-refractivity contribution in [1.82, 2.24) is 19.5 Å². The summed E-state index contributed by atoms with van der Waals surface area (Å²) < 4.78 is 7.03. The fraction of sp³-hybridized carbons (Fsp3) is 0.214. The predicted octanol–water partition coefficient (Wildman–Crippen LogP) is 2.65. The molecule has 0 atom stereocenters. The SMILES string of the molecule is Cc1c(C(=O)N(C)C)oc2nc(-c3ccccc3Cl)nn12. The lowest BCUT2D eigenvalue weighted by molar-refractivity contribution is 0.0797. The van der Waals surface area contributed by atoms with Gasteiger partial charge in [-0.05, 0) is 19.1 Å². The Morgan fingerprint density at radius 1 is 1.33 bits per heavy atom. The number of oxazole rings is 1. The van der Waals surface area contributed by atoms with E-state index in [0.29, 0.717) is 16.5 Å². The first-order valence-electron chi connectivity index (χ1n) is 6.31. The summed E-state index contributed by atoms with van der Waals surface area (Å²) in [4.78, 5) is 17.7. The van der Waals surface area contributed by atoms with Crippen molar-refractivity contribution in [2.75, 3.05) is 14.1 Å². The monoisotopic (exact) mass is 304 g/mol. The number of rotatable bonds is 2. The normalized spacial score (nSPS) is 11.0. The maximum Gasteiger partial charge on any atom is 0.325 e. The van der Waals surface area contributed by atoms with E-state index in [1.165, 1.54) is 9.42 Å². The highest BCUT2D eigenvalue weighted by Gasteiger charge is 2.22. The van der Waals surface area contributed by atoms with Gasteiger partial charge >= 0.3 is 5.84 Å². The van der Waals surface area contributed by atoms with Gasteiger partial charge in [0.05, 0.1) is 10.7 Å². The number of fused-ring (bicyclic) bond motifs is 1. The maximum absolute atomic E-state index is 12.0. The molecule has 0 unspecified atom stereocenters. The van der Waals surface area contributed by atoms with Gasteiger partial charge in [-0.25, -0.2) is 0 Å². The van der Waals surface area contributed by atoms with Crippen LogP contribution in [0.5, 0.6) is 0 Å². The smallest absolute Gasteiger partial charge is 0.325 e. The Morgan fingerprint density at radius 3 is 2.67 bits per heavy atom. The van der Waals surface area contributed by atoms with Gasteiger partial charge in [-0.2, -0.15) is 9.50 Å². The molecule has 0 bridgehead atoms. The zero-order valence-electron chi connectivity index (χ0n) is 11.8. The Kier molecular flexibility index (Phi) is 3.17. The molecule has 0 aliphatic rings. The van der Waals surface area contributed by atoms with Crippen LogP contribution in [0.3, 0.4) is 0 Å². The topological polar surface area (TPSA) is 63.6 Å². The maximum atomic E-state index is 12.0. The number of nitrogens with zero attached hydrogens (tertiary/aromatic N) is 4. The number of hydrogen-bond donors (Lipinski definition) is 0.